The molecule has 0 aliphatic heterocycles. The van der Waals surface area contributed by atoms with E-state index >= 15 is 0 Å². The number of urea groups is 1. The van der Waals surface area contributed by atoms with E-state index in [1.807, 2.05) is 60.7 Å². The van der Waals surface area contributed by atoms with Crippen molar-refractivity contribution in [3.8, 4) is 11.1 Å². The molecule has 3 rings (SSSR count). The van der Waals surface area contributed by atoms with Crippen molar-refractivity contribution >= 4 is 35.4 Å². The smallest absolute Gasteiger partial charge is 0.314 e. The molecule has 4 amide bonds. The van der Waals surface area contributed by atoms with Crippen LogP contribution in [0.2, 0.25) is 5.02 Å². The fourth-order valence-electron chi connectivity index (χ4n) is 3.84. The molecule has 0 heterocycles. The number of carboxylic acid groups (broad SMARTS) is 1. The number of aliphatic carboxylic acids is 1. The van der Waals surface area contributed by atoms with Gasteiger partial charge in [0.2, 0.25) is 11.8 Å². The third-order valence-electron chi connectivity index (χ3n) is 5.86. The van der Waals surface area contributed by atoms with E-state index in [0.717, 1.165) is 16.7 Å². The Morgan fingerprint density at radius 3 is 2.08 bits per heavy atom. The summed E-state index contributed by atoms with van der Waals surface area (Å²) in [5.41, 5.74) is 3.55. The predicted octanol–water partition coefficient (Wildman–Crippen LogP) is 3.69. The second-order valence-electron chi connectivity index (χ2n) is 8.76. The third kappa shape index (κ3) is 10.1. The molecule has 5 N–H and O–H groups in total. The lowest BCUT2D eigenvalue weighted by atomic mass is 9.99. The SMILES string of the molecule is O=C(O)CC(NC(=O)CNC(=O)CCNC(=O)NCCc1ccccc1Cl)c1ccc(-c2ccccc2)cc1. The number of carboxylic acids is 1. The number of rotatable bonds is 13. The maximum absolute atomic E-state index is 12.4. The zero-order valence-corrected chi connectivity index (χ0v) is 22.0. The van der Waals surface area contributed by atoms with E-state index in [2.05, 4.69) is 21.3 Å². The molecule has 0 aliphatic rings. The van der Waals surface area contributed by atoms with Crippen LogP contribution < -0.4 is 21.3 Å². The Kier molecular flexibility index (Phi) is 11.3. The van der Waals surface area contributed by atoms with Crippen LogP contribution in [-0.4, -0.2) is 48.6 Å². The molecule has 10 heteroatoms. The van der Waals surface area contributed by atoms with E-state index in [0.29, 0.717) is 23.6 Å². The van der Waals surface area contributed by atoms with Crippen LogP contribution in [0.15, 0.2) is 78.9 Å². The first-order valence-electron chi connectivity index (χ1n) is 12.5. The molecule has 204 valence electrons. The Morgan fingerprint density at radius 1 is 0.744 bits per heavy atom. The first-order chi connectivity index (χ1) is 18.8. The second-order valence-corrected chi connectivity index (χ2v) is 9.16. The summed E-state index contributed by atoms with van der Waals surface area (Å²) in [7, 11) is 0. The highest BCUT2D eigenvalue weighted by atomic mass is 35.5. The van der Waals surface area contributed by atoms with Crippen molar-refractivity contribution in [3.63, 3.8) is 0 Å². The molecule has 1 unspecified atom stereocenters. The van der Waals surface area contributed by atoms with Gasteiger partial charge in [-0.25, -0.2) is 4.79 Å². The van der Waals surface area contributed by atoms with Gasteiger partial charge in [-0.1, -0.05) is 84.4 Å². The fraction of sp³-hybridized carbons (Fsp3) is 0.241. The Hall–Kier alpha value is -4.37. The van der Waals surface area contributed by atoms with Gasteiger partial charge in [0, 0.05) is 24.5 Å². The molecule has 0 saturated carbocycles. The highest BCUT2D eigenvalue weighted by Gasteiger charge is 2.18. The van der Waals surface area contributed by atoms with Crippen LogP contribution in [0.5, 0.6) is 0 Å². The van der Waals surface area contributed by atoms with E-state index in [-0.39, 0.29) is 25.9 Å². The summed E-state index contributed by atoms with van der Waals surface area (Å²) >= 11 is 6.09. The molecule has 3 aromatic rings. The zero-order valence-electron chi connectivity index (χ0n) is 21.3. The average molecular weight is 551 g/mol. The van der Waals surface area contributed by atoms with Gasteiger partial charge in [0.05, 0.1) is 19.0 Å². The minimum Gasteiger partial charge on any atom is -0.481 e. The van der Waals surface area contributed by atoms with Gasteiger partial charge >= 0.3 is 12.0 Å². The Morgan fingerprint density at radius 2 is 1.38 bits per heavy atom. The van der Waals surface area contributed by atoms with Gasteiger partial charge in [0.25, 0.3) is 0 Å². The average Bonchev–Trinajstić information content (AvgIpc) is 2.93. The zero-order chi connectivity index (χ0) is 28.0. The monoisotopic (exact) mass is 550 g/mol. The van der Waals surface area contributed by atoms with Gasteiger partial charge in [0.1, 0.15) is 0 Å². The standard InChI is InChI=1S/C29H31ClN4O5/c30-24-9-5-4-8-22(24)14-16-31-29(39)32-17-15-26(35)33-19-27(36)34-25(18-28(37)38)23-12-10-21(11-13-23)20-6-2-1-3-7-20/h1-13,25H,14-19H2,(H,33,35)(H,34,36)(H,37,38)(H2,31,32,39). The summed E-state index contributed by atoms with van der Waals surface area (Å²) in [6, 6.07) is 23.2. The van der Waals surface area contributed by atoms with E-state index in [9.17, 15) is 24.3 Å². The highest BCUT2D eigenvalue weighted by Crippen LogP contribution is 2.23. The quantitative estimate of drug-likeness (QED) is 0.221. The minimum absolute atomic E-state index is 0.0231. The summed E-state index contributed by atoms with van der Waals surface area (Å²) in [5.74, 6) is -2.01. The molecule has 0 aromatic heterocycles. The summed E-state index contributed by atoms with van der Waals surface area (Å²) in [5, 5.41) is 20.4. The number of carbonyl (C=O) groups excluding carboxylic acids is 3. The molecule has 0 radical (unpaired) electrons. The van der Waals surface area contributed by atoms with E-state index in [1.54, 1.807) is 18.2 Å². The highest BCUT2D eigenvalue weighted by molar-refractivity contribution is 6.31. The molecule has 0 aliphatic carbocycles. The van der Waals surface area contributed by atoms with Crippen molar-refractivity contribution in [3.05, 3.63) is 95.0 Å². The van der Waals surface area contributed by atoms with Crippen LogP contribution in [0.1, 0.15) is 30.0 Å². The molecule has 0 bridgehead atoms. The molecule has 3 aromatic carbocycles. The number of benzene rings is 3. The van der Waals surface area contributed by atoms with Crippen LogP contribution in [0.3, 0.4) is 0 Å². The number of carbonyl (C=O) groups is 4. The first kappa shape index (κ1) is 29.2. The van der Waals surface area contributed by atoms with Crippen LogP contribution >= 0.6 is 11.6 Å². The number of hydrogen-bond acceptors (Lipinski definition) is 4. The lowest BCUT2D eigenvalue weighted by molar-refractivity contribution is -0.138. The van der Waals surface area contributed by atoms with Crippen LogP contribution in [0.25, 0.3) is 11.1 Å². The van der Waals surface area contributed by atoms with Crippen molar-refractivity contribution in [2.24, 2.45) is 0 Å². The molecule has 1 atom stereocenters. The van der Waals surface area contributed by atoms with Gasteiger partial charge in [0.15, 0.2) is 0 Å². The lowest BCUT2D eigenvalue weighted by Gasteiger charge is -2.18. The predicted molar refractivity (Wildman–Crippen MR) is 149 cm³/mol. The molecular formula is C29H31ClN4O5. The number of hydrogen-bond donors (Lipinski definition) is 5. The second kappa shape index (κ2) is 15.1. The normalized spacial score (nSPS) is 11.2. The van der Waals surface area contributed by atoms with Crippen molar-refractivity contribution in [1.29, 1.82) is 0 Å². The summed E-state index contributed by atoms with van der Waals surface area (Å²) in [4.78, 5) is 47.8. The summed E-state index contributed by atoms with van der Waals surface area (Å²) < 4.78 is 0. The largest absolute Gasteiger partial charge is 0.481 e. The maximum Gasteiger partial charge on any atom is 0.314 e. The van der Waals surface area contributed by atoms with Crippen LogP contribution in [0.4, 0.5) is 4.79 Å². The molecule has 9 nitrogen and oxygen atoms in total. The Balaban J connectivity index is 1.38. The topological polar surface area (TPSA) is 137 Å². The Bertz CT molecular complexity index is 1270. The molecule has 39 heavy (non-hydrogen) atoms. The maximum atomic E-state index is 12.4. The van der Waals surface area contributed by atoms with Crippen molar-refractivity contribution in [1.82, 2.24) is 21.3 Å². The van der Waals surface area contributed by atoms with E-state index in [1.165, 1.54) is 0 Å². The minimum atomic E-state index is -1.06. The van der Waals surface area contributed by atoms with Crippen molar-refractivity contribution < 1.29 is 24.3 Å². The number of halogens is 1. The van der Waals surface area contributed by atoms with Gasteiger partial charge in [-0.3, -0.25) is 14.4 Å². The van der Waals surface area contributed by atoms with Gasteiger partial charge in [-0.2, -0.15) is 0 Å². The van der Waals surface area contributed by atoms with Crippen molar-refractivity contribution in [2.75, 3.05) is 19.6 Å². The lowest BCUT2D eigenvalue weighted by Crippen LogP contribution is -2.41. The van der Waals surface area contributed by atoms with Gasteiger partial charge in [-0.15, -0.1) is 0 Å². The molecule has 0 fully saturated rings. The van der Waals surface area contributed by atoms with Crippen molar-refractivity contribution in [2.45, 2.75) is 25.3 Å². The molecule has 0 saturated heterocycles. The third-order valence-corrected chi connectivity index (χ3v) is 6.22. The van der Waals surface area contributed by atoms with Crippen LogP contribution in [0, 0.1) is 0 Å². The molecule has 0 spiro atoms. The number of amides is 4. The first-order valence-corrected chi connectivity index (χ1v) is 12.9. The fourth-order valence-corrected chi connectivity index (χ4v) is 4.07. The Labute approximate surface area is 232 Å². The van der Waals surface area contributed by atoms with Gasteiger partial charge in [-0.05, 0) is 34.7 Å². The van der Waals surface area contributed by atoms with E-state index < -0.39 is 29.9 Å². The summed E-state index contributed by atoms with van der Waals surface area (Å²) in [6.45, 7) is 0.149. The van der Waals surface area contributed by atoms with E-state index in [4.69, 9.17) is 11.6 Å². The van der Waals surface area contributed by atoms with Crippen LogP contribution in [-0.2, 0) is 20.8 Å². The van der Waals surface area contributed by atoms with Gasteiger partial charge < -0.3 is 26.4 Å². The molecular weight excluding hydrogens is 520 g/mol. The number of nitrogens with one attached hydrogen (secondary N) is 4. The summed E-state index contributed by atoms with van der Waals surface area (Å²) in [6.07, 6.45) is 0.243.